The van der Waals surface area contributed by atoms with Gasteiger partial charge in [0, 0.05) is 13.1 Å². The number of carbonyl (C=O) groups excluding carboxylic acids is 2. The second kappa shape index (κ2) is 7.36. The minimum Gasteiger partial charge on any atom is -0.448 e. The Bertz CT molecular complexity index is 579. The maximum atomic E-state index is 12.9. The lowest BCUT2D eigenvalue weighted by molar-refractivity contribution is -0.145. The topological polar surface area (TPSA) is 72.6 Å². The van der Waals surface area contributed by atoms with E-state index in [1.165, 1.54) is 0 Å². The molecule has 0 N–H and O–H groups in total. The number of carbonyl (C=O) groups is 2. The summed E-state index contributed by atoms with van der Waals surface area (Å²) in [5.41, 5.74) is 0.793. The molecule has 6 heteroatoms. The van der Waals surface area contributed by atoms with E-state index in [0.717, 1.165) is 19.5 Å². The van der Waals surface area contributed by atoms with Crippen molar-refractivity contribution in [3.05, 3.63) is 17.0 Å². The monoisotopic (exact) mass is 336 g/mol. The van der Waals surface area contributed by atoms with Crippen molar-refractivity contribution in [1.29, 1.82) is 0 Å². The van der Waals surface area contributed by atoms with Gasteiger partial charge >= 0.3 is 5.97 Å². The van der Waals surface area contributed by atoms with Gasteiger partial charge < -0.3 is 14.2 Å². The molecule has 0 bridgehead atoms. The van der Waals surface area contributed by atoms with Crippen molar-refractivity contribution in [3.8, 4) is 0 Å². The van der Waals surface area contributed by atoms with Gasteiger partial charge in [-0.15, -0.1) is 0 Å². The molecule has 1 aromatic rings. The maximum Gasteiger partial charge on any atom is 0.344 e. The summed E-state index contributed by atoms with van der Waals surface area (Å²) in [5, 5.41) is 3.77. The minimum atomic E-state index is -0.788. The molecule has 2 rings (SSSR count). The van der Waals surface area contributed by atoms with Crippen LogP contribution in [0.15, 0.2) is 4.52 Å². The number of piperidine rings is 1. The summed E-state index contributed by atoms with van der Waals surface area (Å²) in [6.07, 6.45) is 0.332. The maximum absolute atomic E-state index is 12.9. The molecular weight excluding hydrogens is 308 g/mol. The third kappa shape index (κ3) is 3.97. The van der Waals surface area contributed by atoms with Gasteiger partial charge in [0.05, 0.1) is 5.69 Å². The van der Waals surface area contributed by atoms with Crippen molar-refractivity contribution < 1.29 is 18.8 Å². The molecule has 6 nitrogen and oxygen atoms in total. The van der Waals surface area contributed by atoms with Crippen LogP contribution < -0.4 is 0 Å². The van der Waals surface area contributed by atoms with E-state index in [2.05, 4.69) is 19.0 Å². The van der Waals surface area contributed by atoms with Crippen molar-refractivity contribution in [2.75, 3.05) is 13.1 Å². The Kier molecular flexibility index (Phi) is 5.67. The number of aromatic nitrogens is 1. The van der Waals surface area contributed by atoms with Crippen molar-refractivity contribution >= 4 is 11.9 Å². The molecule has 1 aromatic heterocycles. The van der Waals surface area contributed by atoms with E-state index in [-0.39, 0.29) is 11.8 Å². The minimum absolute atomic E-state index is 0.102. The number of rotatable bonds is 4. The summed E-state index contributed by atoms with van der Waals surface area (Å²) < 4.78 is 10.6. The summed E-state index contributed by atoms with van der Waals surface area (Å²) in [5.74, 6) is 0.578. The zero-order chi connectivity index (χ0) is 18.0. The summed E-state index contributed by atoms with van der Waals surface area (Å²) in [4.78, 5) is 27.2. The molecule has 0 radical (unpaired) electrons. The number of hydrogen-bond acceptors (Lipinski definition) is 5. The summed E-state index contributed by atoms with van der Waals surface area (Å²) in [6, 6.07) is 0. The normalized spacial score (nSPS) is 22.5. The first-order valence-electron chi connectivity index (χ1n) is 8.63. The zero-order valence-corrected chi connectivity index (χ0v) is 15.5. The zero-order valence-electron chi connectivity index (χ0n) is 15.5. The molecule has 134 valence electrons. The highest BCUT2D eigenvalue weighted by molar-refractivity contribution is 5.94. The quantitative estimate of drug-likeness (QED) is 0.790. The predicted molar refractivity (Wildman–Crippen MR) is 89.5 cm³/mol. The Morgan fingerprint density at radius 2 is 1.79 bits per heavy atom. The Morgan fingerprint density at radius 3 is 2.25 bits per heavy atom. The van der Waals surface area contributed by atoms with Crippen LogP contribution in [0.2, 0.25) is 0 Å². The number of ether oxygens (including phenoxy) is 1. The lowest BCUT2D eigenvalue weighted by Gasteiger charge is -2.37. The standard InChI is InChI=1S/C18H28N2O4/c1-10(2)16(17(21)20-8-11(3)7-12(4)9-20)23-18(22)15-13(5)19-24-14(15)6/h10-12,16H,7-9H2,1-6H3. The number of hydrogen-bond donors (Lipinski definition) is 0. The molecule has 0 spiro atoms. The molecule has 0 aromatic carbocycles. The number of nitrogens with zero attached hydrogens (tertiary/aromatic N) is 2. The predicted octanol–water partition coefficient (Wildman–Crippen LogP) is 2.98. The van der Waals surface area contributed by atoms with Crippen LogP contribution in [0.5, 0.6) is 0 Å². The van der Waals surface area contributed by atoms with E-state index in [9.17, 15) is 9.59 Å². The van der Waals surface area contributed by atoms with Gasteiger partial charge in [-0.25, -0.2) is 4.79 Å². The summed E-state index contributed by atoms with van der Waals surface area (Å²) in [7, 11) is 0. The van der Waals surface area contributed by atoms with Crippen LogP contribution in [0.4, 0.5) is 0 Å². The van der Waals surface area contributed by atoms with Crippen LogP contribution in [-0.2, 0) is 9.53 Å². The van der Waals surface area contributed by atoms with E-state index in [1.54, 1.807) is 13.8 Å². The third-order valence-electron chi connectivity index (χ3n) is 4.50. The Balaban J connectivity index is 2.14. The van der Waals surface area contributed by atoms with Gasteiger partial charge in [0.2, 0.25) is 0 Å². The van der Waals surface area contributed by atoms with Gasteiger partial charge in [0.15, 0.2) is 6.10 Å². The molecule has 3 unspecified atom stereocenters. The molecule has 1 aliphatic heterocycles. The van der Waals surface area contributed by atoms with E-state index in [4.69, 9.17) is 9.26 Å². The first-order valence-corrected chi connectivity index (χ1v) is 8.63. The fourth-order valence-electron chi connectivity index (χ4n) is 3.44. The first kappa shape index (κ1) is 18.5. The van der Waals surface area contributed by atoms with Crippen LogP contribution in [0.3, 0.4) is 0 Å². The molecule has 1 saturated heterocycles. The summed E-state index contributed by atoms with van der Waals surface area (Å²) >= 11 is 0. The Morgan fingerprint density at radius 1 is 1.21 bits per heavy atom. The largest absolute Gasteiger partial charge is 0.448 e. The first-order chi connectivity index (χ1) is 11.2. The second-order valence-electron chi connectivity index (χ2n) is 7.46. The fourth-order valence-corrected chi connectivity index (χ4v) is 3.44. The molecule has 0 saturated carbocycles. The molecule has 0 aliphatic carbocycles. The fraction of sp³-hybridized carbons (Fsp3) is 0.722. The molecule has 3 atom stereocenters. The van der Waals surface area contributed by atoms with Crippen molar-refractivity contribution in [3.63, 3.8) is 0 Å². The van der Waals surface area contributed by atoms with Gasteiger partial charge in [-0.1, -0.05) is 32.9 Å². The van der Waals surface area contributed by atoms with Crippen LogP contribution in [0.1, 0.15) is 55.9 Å². The van der Waals surface area contributed by atoms with E-state index >= 15 is 0 Å². The average Bonchev–Trinajstić information content (AvgIpc) is 2.81. The SMILES string of the molecule is Cc1noc(C)c1C(=O)OC(C(=O)N1CC(C)CC(C)C1)C(C)C. The van der Waals surface area contributed by atoms with E-state index in [1.807, 2.05) is 18.7 Å². The van der Waals surface area contributed by atoms with Gasteiger partial charge in [0.1, 0.15) is 11.3 Å². The molecule has 1 aliphatic rings. The number of esters is 1. The average molecular weight is 336 g/mol. The van der Waals surface area contributed by atoms with Gasteiger partial charge in [-0.2, -0.15) is 0 Å². The van der Waals surface area contributed by atoms with Crippen molar-refractivity contribution in [2.45, 2.75) is 54.1 Å². The number of amides is 1. The van der Waals surface area contributed by atoms with Crippen LogP contribution in [0.25, 0.3) is 0 Å². The van der Waals surface area contributed by atoms with Crippen molar-refractivity contribution in [2.24, 2.45) is 17.8 Å². The van der Waals surface area contributed by atoms with Crippen LogP contribution in [-0.4, -0.2) is 41.1 Å². The number of likely N-dealkylation sites (tertiary alicyclic amines) is 1. The highest BCUT2D eigenvalue weighted by Crippen LogP contribution is 2.24. The smallest absolute Gasteiger partial charge is 0.344 e. The van der Waals surface area contributed by atoms with Gasteiger partial charge in [-0.05, 0) is 38.0 Å². The highest BCUT2D eigenvalue weighted by atomic mass is 16.6. The van der Waals surface area contributed by atoms with E-state index in [0.29, 0.717) is 28.9 Å². The summed E-state index contributed by atoms with van der Waals surface area (Å²) in [6.45, 7) is 12.9. The third-order valence-corrected chi connectivity index (χ3v) is 4.50. The van der Waals surface area contributed by atoms with Crippen LogP contribution >= 0.6 is 0 Å². The van der Waals surface area contributed by atoms with Gasteiger partial charge in [0.25, 0.3) is 5.91 Å². The lowest BCUT2D eigenvalue weighted by Crippen LogP contribution is -2.49. The second-order valence-corrected chi connectivity index (χ2v) is 7.46. The highest BCUT2D eigenvalue weighted by Gasteiger charge is 2.35. The Hall–Kier alpha value is -1.85. The molecule has 24 heavy (non-hydrogen) atoms. The molecule has 2 heterocycles. The number of aryl methyl sites for hydroxylation is 2. The molecule has 1 amide bonds. The van der Waals surface area contributed by atoms with Gasteiger partial charge in [-0.3, -0.25) is 4.79 Å². The van der Waals surface area contributed by atoms with E-state index < -0.39 is 12.1 Å². The Labute approximate surface area is 143 Å². The molecular formula is C18H28N2O4. The molecule has 1 fully saturated rings. The lowest BCUT2D eigenvalue weighted by atomic mass is 9.91. The van der Waals surface area contributed by atoms with Crippen molar-refractivity contribution in [1.82, 2.24) is 10.1 Å². The van der Waals surface area contributed by atoms with Crippen LogP contribution in [0, 0.1) is 31.6 Å².